The standard InChI is InChI=1S/C25H31N3O2/c1-30-21-11-6-8-19(16-21)26-25(29)22-15-18-7-2-5-12-23(18)28-14-13-27(17-24(22)28)20-9-3-4-10-20/h2,5-8,11-12,16,20,22,24H,3-4,9-10,13-15,17H2,1H3,(H,26,29)/t22-,24+/m1/s1. The summed E-state index contributed by atoms with van der Waals surface area (Å²) in [6.07, 6.45) is 6.11. The lowest BCUT2D eigenvalue weighted by Gasteiger charge is -2.50. The zero-order valence-corrected chi connectivity index (χ0v) is 17.7. The van der Waals surface area contributed by atoms with E-state index in [0.29, 0.717) is 6.04 Å². The zero-order valence-electron chi connectivity index (χ0n) is 17.7. The van der Waals surface area contributed by atoms with Gasteiger partial charge >= 0.3 is 0 Å². The number of carbonyl (C=O) groups is 1. The van der Waals surface area contributed by atoms with Crippen LogP contribution in [0.1, 0.15) is 31.2 Å². The second-order valence-electron chi connectivity index (χ2n) is 8.85. The van der Waals surface area contributed by atoms with Crippen LogP contribution in [0.4, 0.5) is 11.4 Å². The minimum Gasteiger partial charge on any atom is -0.497 e. The zero-order chi connectivity index (χ0) is 20.5. The lowest BCUT2D eigenvalue weighted by atomic mass is 9.83. The van der Waals surface area contributed by atoms with E-state index >= 15 is 0 Å². The molecule has 1 aliphatic carbocycles. The number of amides is 1. The highest BCUT2D eigenvalue weighted by atomic mass is 16.5. The molecule has 30 heavy (non-hydrogen) atoms. The number of benzene rings is 2. The third-order valence-corrected chi connectivity index (χ3v) is 7.17. The molecule has 1 saturated heterocycles. The Bertz CT molecular complexity index is 909. The molecule has 5 rings (SSSR count). The lowest BCUT2D eigenvalue weighted by Crippen LogP contribution is -2.61. The fraction of sp³-hybridized carbons (Fsp3) is 0.480. The van der Waals surface area contributed by atoms with Crippen molar-refractivity contribution in [2.24, 2.45) is 5.92 Å². The first-order valence-corrected chi connectivity index (χ1v) is 11.3. The Hall–Kier alpha value is -2.53. The molecule has 5 heteroatoms. The number of hydrogen-bond acceptors (Lipinski definition) is 4. The fourth-order valence-corrected chi connectivity index (χ4v) is 5.62. The van der Waals surface area contributed by atoms with Crippen LogP contribution in [0.2, 0.25) is 0 Å². The summed E-state index contributed by atoms with van der Waals surface area (Å²) >= 11 is 0. The van der Waals surface area contributed by atoms with Gasteiger partial charge in [0.25, 0.3) is 0 Å². The Morgan fingerprint density at radius 1 is 1.07 bits per heavy atom. The van der Waals surface area contributed by atoms with Gasteiger partial charge in [-0.2, -0.15) is 0 Å². The summed E-state index contributed by atoms with van der Waals surface area (Å²) in [5.41, 5.74) is 3.40. The van der Waals surface area contributed by atoms with Crippen LogP contribution in [0, 0.1) is 5.92 Å². The summed E-state index contributed by atoms with van der Waals surface area (Å²) in [7, 11) is 1.65. The number of rotatable bonds is 4. The number of para-hydroxylation sites is 1. The van der Waals surface area contributed by atoms with E-state index in [4.69, 9.17) is 4.74 Å². The van der Waals surface area contributed by atoms with Gasteiger partial charge in [-0.3, -0.25) is 9.69 Å². The number of carbonyl (C=O) groups excluding carboxylic acids is 1. The number of anilines is 2. The van der Waals surface area contributed by atoms with Gasteiger partial charge in [0.15, 0.2) is 0 Å². The molecule has 2 fully saturated rings. The summed E-state index contributed by atoms with van der Waals surface area (Å²) in [5, 5.41) is 3.17. The summed E-state index contributed by atoms with van der Waals surface area (Å²) in [6, 6.07) is 17.2. The van der Waals surface area contributed by atoms with Crippen LogP contribution in [-0.2, 0) is 11.2 Å². The molecule has 0 bridgehead atoms. The summed E-state index contributed by atoms with van der Waals surface area (Å²) in [5.74, 6) is 0.810. The molecule has 2 aromatic carbocycles. The first-order chi connectivity index (χ1) is 14.7. The molecule has 158 valence electrons. The lowest BCUT2D eigenvalue weighted by molar-refractivity contribution is -0.121. The highest BCUT2D eigenvalue weighted by Crippen LogP contribution is 2.38. The van der Waals surface area contributed by atoms with Crippen LogP contribution >= 0.6 is 0 Å². The van der Waals surface area contributed by atoms with E-state index in [1.54, 1.807) is 7.11 Å². The van der Waals surface area contributed by atoms with E-state index in [2.05, 4.69) is 39.4 Å². The first-order valence-electron chi connectivity index (χ1n) is 11.3. The van der Waals surface area contributed by atoms with E-state index in [1.165, 1.54) is 36.9 Å². The molecule has 1 saturated carbocycles. The van der Waals surface area contributed by atoms with Crippen LogP contribution in [0.3, 0.4) is 0 Å². The number of nitrogens with zero attached hydrogens (tertiary/aromatic N) is 2. The molecule has 2 aromatic rings. The van der Waals surface area contributed by atoms with Crippen molar-refractivity contribution >= 4 is 17.3 Å². The van der Waals surface area contributed by atoms with Gasteiger partial charge in [0, 0.05) is 43.1 Å². The molecule has 0 radical (unpaired) electrons. The second-order valence-corrected chi connectivity index (χ2v) is 8.85. The van der Waals surface area contributed by atoms with Gasteiger partial charge in [-0.25, -0.2) is 0 Å². The van der Waals surface area contributed by atoms with E-state index in [-0.39, 0.29) is 17.9 Å². The molecule has 2 aliphatic heterocycles. The summed E-state index contributed by atoms with van der Waals surface area (Å²) in [6.45, 7) is 3.08. The number of piperazine rings is 1. The highest BCUT2D eigenvalue weighted by molar-refractivity contribution is 5.94. The number of fused-ring (bicyclic) bond motifs is 3. The molecule has 0 unspecified atom stereocenters. The van der Waals surface area contributed by atoms with Crippen LogP contribution in [0.15, 0.2) is 48.5 Å². The van der Waals surface area contributed by atoms with Gasteiger partial charge in [0.1, 0.15) is 5.75 Å². The number of nitrogens with one attached hydrogen (secondary N) is 1. The van der Waals surface area contributed by atoms with E-state index in [1.807, 2.05) is 24.3 Å². The predicted octanol–water partition coefficient (Wildman–Crippen LogP) is 3.94. The average molecular weight is 406 g/mol. The van der Waals surface area contributed by atoms with Crippen LogP contribution in [0.25, 0.3) is 0 Å². The van der Waals surface area contributed by atoms with E-state index in [0.717, 1.165) is 37.5 Å². The number of ether oxygens (including phenoxy) is 1. The third-order valence-electron chi connectivity index (χ3n) is 7.17. The van der Waals surface area contributed by atoms with Crippen molar-refractivity contribution in [2.45, 2.75) is 44.2 Å². The Balaban J connectivity index is 1.41. The van der Waals surface area contributed by atoms with Crippen molar-refractivity contribution in [3.05, 3.63) is 54.1 Å². The van der Waals surface area contributed by atoms with Gasteiger partial charge in [0.05, 0.1) is 19.1 Å². The van der Waals surface area contributed by atoms with Crippen molar-refractivity contribution < 1.29 is 9.53 Å². The Morgan fingerprint density at radius 2 is 1.90 bits per heavy atom. The predicted molar refractivity (Wildman–Crippen MR) is 120 cm³/mol. The number of hydrogen-bond donors (Lipinski definition) is 1. The maximum atomic E-state index is 13.5. The largest absolute Gasteiger partial charge is 0.497 e. The molecule has 2 atom stereocenters. The number of methoxy groups -OCH3 is 1. The SMILES string of the molecule is COc1cccc(NC(=O)[C@@H]2Cc3ccccc3N3CCN(C4CCCC4)C[C@@H]23)c1. The smallest absolute Gasteiger partial charge is 0.229 e. The molecule has 5 nitrogen and oxygen atoms in total. The molecule has 3 aliphatic rings. The minimum atomic E-state index is -0.0599. The van der Waals surface area contributed by atoms with Crippen LogP contribution in [-0.4, -0.2) is 49.6 Å². The molecular formula is C25H31N3O2. The van der Waals surface area contributed by atoms with E-state index in [9.17, 15) is 4.79 Å². The van der Waals surface area contributed by atoms with Crippen molar-refractivity contribution in [1.82, 2.24) is 4.90 Å². The van der Waals surface area contributed by atoms with Gasteiger partial charge < -0.3 is 15.0 Å². The molecule has 1 N–H and O–H groups in total. The summed E-state index contributed by atoms with van der Waals surface area (Å²) in [4.78, 5) is 18.6. The molecule has 2 heterocycles. The minimum absolute atomic E-state index is 0.0599. The topological polar surface area (TPSA) is 44.8 Å². The molecule has 0 aromatic heterocycles. The highest BCUT2D eigenvalue weighted by Gasteiger charge is 2.42. The van der Waals surface area contributed by atoms with Gasteiger partial charge in [-0.05, 0) is 43.0 Å². The first kappa shape index (κ1) is 19.4. The van der Waals surface area contributed by atoms with Crippen LogP contribution in [0.5, 0.6) is 5.75 Å². The molecule has 1 amide bonds. The molecular weight excluding hydrogens is 374 g/mol. The normalized spacial score (nSPS) is 24.2. The quantitative estimate of drug-likeness (QED) is 0.837. The van der Waals surface area contributed by atoms with Crippen molar-refractivity contribution in [1.29, 1.82) is 0 Å². The summed E-state index contributed by atoms with van der Waals surface area (Å²) < 4.78 is 5.32. The maximum Gasteiger partial charge on any atom is 0.229 e. The van der Waals surface area contributed by atoms with E-state index < -0.39 is 0 Å². The average Bonchev–Trinajstić information content (AvgIpc) is 3.33. The van der Waals surface area contributed by atoms with Crippen molar-refractivity contribution in [3.8, 4) is 5.75 Å². The fourth-order valence-electron chi connectivity index (χ4n) is 5.62. The van der Waals surface area contributed by atoms with Crippen molar-refractivity contribution in [2.75, 3.05) is 37.0 Å². The third kappa shape index (κ3) is 3.67. The maximum absolute atomic E-state index is 13.5. The van der Waals surface area contributed by atoms with Crippen molar-refractivity contribution in [3.63, 3.8) is 0 Å². The van der Waals surface area contributed by atoms with Crippen LogP contribution < -0.4 is 15.0 Å². The van der Waals surface area contributed by atoms with Gasteiger partial charge in [-0.1, -0.05) is 37.1 Å². The second kappa shape index (κ2) is 8.31. The van der Waals surface area contributed by atoms with Gasteiger partial charge in [-0.15, -0.1) is 0 Å². The monoisotopic (exact) mass is 405 g/mol. The Labute approximate surface area is 179 Å². The molecule has 0 spiro atoms. The Kier molecular flexibility index (Phi) is 5.38. The van der Waals surface area contributed by atoms with Gasteiger partial charge in [0.2, 0.25) is 5.91 Å². The Morgan fingerprint density at radius 3 is 2.73 bits per heavy atom.